The van der Waals surface area contributed by atoms with Crippen molar-refractivity contribution in [3.8, 4) is 0 Å². The maximum absolute atomic E-state index is 13.0. The quantitative estimate of drug-likeness (QED) is 0.813. The van der Waals surface area contributed by atoms with E-state index in [1.54, 1.807) is 0 Å². The van der Waals surface area contributed by atoms with Crippen LogP contribution in [-0.4, -0.2) is 0 Å². The van der Waals surface area contributed by atoms with Crippen LogP contribution >= 0.6 is 11.6 Å². The lowest BCUT2D eigenvalue weighted by Gasteiger charge is -2.18. The number of benzene rings is 2. The average molecular weight is 318 g/mol. The Hall–Kier alpha value is -1.59. The van der Waals surface area contributed by atoms with Gasteiger partial charge in [-0.25, -0.2) is 4.39 Å². The van der Waals surface area contributed by atoms with Gasteiger partial charge in [0, 0.05) is 11.1 Å². The van der Waals surface area contributed by atoms with Crippen LogP contribution in [0, 0.1) is 5.82 Å². The molecule has 2 aromatic rings. The zero-order chi connectivity index (χ0) is 15.6. The van der Waals surface area contributed by atoms with Crippen molar-refractivity contribution in [1.82, 2.24) is 0 Å². The van der Waals surface area contributed by atoms with Crippen LogP contribution in [0.15, 0.2) is 42.5 Å². The molecular formula is C15H12ClF4N. The lowest BCUT2D eigenvalue weighted by atomic mass is 9.95. The molecule has 1 atom stereocenters. The smallest absolute Gasteiger partial charge is 0.324 e. The van der Waals surface area contributed by atoms with E-state index in [2.05, 4.69) is 0 Å². The molecule has 0 radical (unpaired) electrons. The van der Waals surface area contributed by atoms with Crippen LogP contribution in [0.1, 0.15) is 22.7 Å². The molecule has 0 aliphatic carbocycles. The van der Waals surface area contributed by atoms with Crippen molar-refractivity contribution in [2.45, 2.75) is 18.6 Å². The highest BCUT2D eigenvalue weighted by molar-refractivity contribution is 6.31. The fraction of sp³-hybridized carbons (Fsp3) is 0.200. The van der Waals surface area contributed by atoms with E-state index in [-0.39, 0.29) is 17.0 Å². The molecular weight excluding hydrogens is 306 g/mol. The van der Waals surface area contributed by atoms with Crippen LogP contribution in [0.2, 0.25) is 5.02 Å². The van der Waals surface area contributed by atoms with Crippen molar-refractivity contribution in [2.24, 2.45) is 5.73 Å². The molecule has 2 rings (SSSR count). The Kier molecular flexibility index (Phi) is 4.54. The predicted molar refractivity (Wildman–Crippen MR) is 73.5 cm³/mol. The molecule has 2 N–H and O–H groups in total. The minimum Gasteiger partial charge on any atom is -0.324 e. The van der Waals surface area contributed by atoms with Gasteiger partial charge in [-0.3, -0.25) is 0 Å². The SMILES string of the molecule is NC(Cc1ccc(F)cc1Cl)c1ccccc1C(F)(F)F. The molecule has 0 heterocycles. The second kappa shape index (κ2) is 6.03. The van der Waals surface area contributed by atoms with Crippen LogP contribution in [0.4, 0.5) is 17.6 Å². The third-order valence-corrected chi connectivity index (χ3v) is 3.47. The van der Waals surface area contributed by atoms with E-state index in [1.807, 2.05) is 0 Å². The summed E-state index contributed by atoms with van der Waals surface area (Å²) in [6.45, 7) is 0. The fourth-order valence-corrected chi connectivity index (χ4v) is 2.36. The van der Waals surface area contributed by atoms with E-state index in [1.165, 1.54) is 30.3 Å². The summed E-state index contributed by atoms with van der Waals surface area (Å²) >= 11 is 5.87. The Morgan fingerprint density at radius 3 is 2.38 bits per heavy atom. The van der Waals surface area contributed by atoms with Gasteiger partial charge >= 0.3 is 6.18 Å². The number of halogens is 5. The van der Waals surface area contributed by atoms with Gasteiger partial charge in [-0.1, -0.05) is 35.9 Å². The molecule has 0 saturated carbocycles. The van der Waals surface area contributed by atoms with Crippen LogP contribution < -0.4 is 5.73 Å². The predicted octanol–water partition coefficient (Wildman–Crippen LogP) is 4.74. The highest BCUT2D eigenvalue weighted by Gasteiger charge is 2.34. The third kappa shape index (κ3) is 3.74. The summed E-state index contributed by atoms with van der Waals surface area (Å²) in [5.41, 5.74) is 5.60. The van der Waals surface area contributed by atoms with E-state index in [4.69, 9.17) is 17.3 Å². The van der Waals surface area contributed by atoms with Crippen molar-refractivity contribution < 1.29 is 17.6 Å². The molecule has 112 valence electrons. The minimum absolute atomic E-state index is 0.00890. The maximum Gasteiger partial charge on any atom is 0.416 e. The molecule has 0 amide bonds. The van der Waals surface area contributed by atoms with E-state index < -0.39 is 23.6 Å². The zero-order valence-corrected chi connectivity index (χ0v) is 11.5. The standard InChI is InChI=1S/C15H12ClF4N/c16-13-8-10(17)6-5-9(13)7-14(21)11-3-1-2-4-12(11)15(18,19)20/h1-6,8,14H,7,21H2. The summed E-state index contributed by atoms with van der Waals surface area (Å²) < 4.78 is 51.8. The van der Waals surface area contributed by atoms with Crippen molar-refractivity contribution in [3.05, 3.63) is 70.0 Å². The molecule has 0 spiro atoms. The molecule has 1 unspecified atom stereocenters. The lowest BCUT2D eigenvalue weighted by molar-refractivity contribution is -0.138. The molecule has 0 aliphatic rings. The largest absolute Gasteiger partial charge is 0.416 e. The molecule has 0 aromatic heterocycles. The van der Waals surface area contributed by atoms with Gasteiger partial charge < -0.3 is 5.73 Å². The summed E-state index contributed by atoms with van der Waals surface area (Å²) in [4.78, 5) is 0. The first-order valence-corrected chi connectivity index (χ1v) is 6.52. The molecule has 2 aromatic carbocycles. The van der Waals surface area contributed by atoms with Crippen molar-refractivity contribution in [3.63, 3.8) is 0 Å². The Labute approximate surface area is 124 Å². The topological polar surface area (TPSA) is 26.0 Å². The van der Waals surface area contributed by atoms with Crippen molar-refractivity contribution in [1.29, 1.82) is 0 Å². The average Bonchev–Trinajstić information content (AvgIpc) is 2.41. The highest BCUT2D eigenvalue weighted by atomic mass is 35.5. The molecule has 0 aliphatic heterocycles. The van der Waals surface area contributed by atoms with E-state index in [0.717, 1.165) is 12.1 Å². The van der Waals surface area contributed by atoms with Gasteiger partial charge in [0.2, 0.25) is 0 Å². The molecule has 0 fully saturated rings. The Bertz CT molecular complexity index is 640. The Morgan fingerprint density at radius 1 is 1.10 bits per heavy atom. The highest BCUT2D eigenvalue weighted by Crippen LogP contribution is 2.35. The molecule has 6 heteroatoms. The molecule has 0 bridgehead atoms. The van der Waals surface area contributed by atoms with Gasteiger partial charge in [0.15, 0.2) is 0 Å². The monoisotopic (exact) mass is 317 g/mol. The third-order valence-electron chi connectivity index (χ3n) is 3.12. The van der Waals surface area contributed by atoms with E-state index >= 15 is 0 Å². The maximum atomic E-state index is 13.0. The first kappa shape index (κ1) is 15.8. The summed E-state index contributed by atoms with van der Waals surface area (Å²) in [5, 5.41) is 0.148. The van der Waals surface area contributed by atoms with Crippen LogP contribution in [0.3, 0.4) is 0 Å². The normalized spacial score (nSPS) is 13.2. The zero-order valence-electron chi connectivity index (χ0n) is 10.8. The first-order chi connectivity index (χ1) is 9.79. The number of rotatable bonds is 3. The van der Waals surface area contributed by atoms with E-state index in [9.17, 15) is 17.6 Å². The number of hydrogen-bond acceptors (Lipinski definition) is 1. The van der Waals surface area contributed by atoms with Gasteiger partial charge in [0.05, 0.1) is 5.56 Å². The first-order valence-electron chi connectivity index (χ1n) is 6.14. The second-order valence-corrected chi connectivity index (χ2v) is 5.04. The second-order valence-electron chi connectivity index (χ2n) is 4.63. The van der Waals surface area contributed by atoms with Crippen molar-refractivity contribution in [2.75, 3.05) is 0 Å². The lowest BCUT2D eigenvalue weighted by Crippen LogP contribution is -2.19. The Balaban J connectivity index is 2.31. The van der Waals surface area contributed by atoms with Gasteiger partial charge in [-0.05, 0) is 35.7 Å². The minimum atomic E-state index is -4.47. The summed E-state index contributed by atoms with van der Waals surface area (Å²) in [7, 11) is 0. The molecule has 1 nitrogen and oxygen atoms in total. The summed E-state index contributed by atoms with van der Waals surface area (Å²) in [6.07, 6.45) is -4.38. The van der Waals surface area contributed by atoms with Crippen LogP contribution in [-0.2, 0) is 12.6 Å². The van der Waals surface area contributed by atoms with Crippen molar-refractivity contribution >= 4 is 11.6 Å². The molecule has 0 saturated heterocycles. The van der Waals surface area contributed by atoms with E-state index in [0.29, 0.717) is 5.56 Å². The van der Waals surface area contributed by atoms with Gasteiger partial charge in [0.1, 0.15) is 5.82 Å². The summed E-state index contributed by atoms with van der Waals surface area (Å²) in [5.74, 6) is -0.506. The number of nitrogens with two attached hydrogens (primary N) is 1. The number of alkyl halides is 3. The van der Waals surface area contributed by atoms with Gasteiger partial charge in [0.25, 0.3) is 0 Å². The van der Waals surface area contributed by atoms with Crippen LogP contribution in [0.5, 0.6) is 0 Å². The Morgan fingerprint density at radius 2 is 1.76 bits per heavy atom. The van der Waals surface area contributed by atoms with Crippen LogP contribution in [0.25, 0.3) is 0 Å². The number of hydrogen-bond donors (Lipinski definition) is 1. The van der Waals surface area contributed by atoms with Gasteiger partial charge in [-0.15, -0.1) is 0 Å². The van der Waals surface area contributed by atoms with Gasteiger partial charge in [-0.2, -0.15) is 13.2 Å². The molecule has 21 heavy (non-hydrogen) atoms. The fourth-order valence-electron chi connectivity index (χ4n) is 2.11. The summed E-state index contributed by atoms with van der Waals surface area (Å²) in [6, 6.07) is 7.98.